The summed E-state index contributed by atoms with van der Waals surface area (Å²) >= 11 is 0. The first kappa shape index (κ1) is 12.3. The molecule has 1 fully saturated rings. The van der Waals surface area contributed by atoms with Crippen molar-refractivity contribution in [1.29, 1.82) is 0 Å². The monoisotopic (exact) mass is 239 g/mol. The van der Waals surface area contributed by atoms with E-state index in [1.54, 1.807) is 24.3 Å². The highest BCUT2D eigenvalue weighted by Gasteiger charge is 2.51. The first-order valence-electron chi connectivity index (χ1n) is 6.20. The molecule has 0 heterocycles. The largest absolute Gasteiger partial charge is 0.399 e. The quantitative estimate of drug-likeness (QED) is 0.772. The van der Waals surface area contributed by atoms with Gasteiger partial charge in [0.05, 0.1) is 5.41 Å². The molecule has 2 N–H and O–H groups in total. The minimum Gasteiger partial charge on any atom is -0.399 e. The van der Waals surface area contributed by atoms with E-state index in [1.807, 2.05) is 0 Å². The number of halogens is 2. The molecule has 0 radical (unpaired) electrons. The van der Waals surface area contributed by atoms with Gasteiger partial charge in [-0.05, 0) is 30.5 Å². The van der Waals surface area contributed by atoms with Crippen LogP contribution in [-0.4, -0.2) is 5.92 Å². The topological polar surface area (TPSA) is 26.0 Å². The van der Waals surface area contributed by atoms with Gasteiger partial charge >= 0.3 is 0 Å². The number of hydrogen-bond acceptors (Lipinski definition) is 1. The Labute approximate surface area is 101 Å². The predicted molar refractivity (Wildman–Crippen MR) is 66.2 cm³/mol. The van der Waals surface area contributed by atoms with Crippen LogP contribution in [0.2, 0.25) is 0 Å². The smallest absolute Gasteiger partial charge is 0.254 e. The van der Waals surface area contributed by atoms with E-state index in [4.69, 9.17) is 5.73 Å². The summed E-state index contributed by atoms with van der Waals surface area (Å²) in [5, 5.41) is 0. The Morgan fingerprint density at radius 2 is 1.59 bits per heavy atom. The lowest BCUT2D eigenvalue weighted by atomic mass is 9.66. The van der Waals surface area contributed by atoms with E-state index in [2.05, 4.69) is 0 Å². The van der Waals surface area contributed by atoms with Gasteiger partial charge < -0.3 is 5.73 Å². The predicted octanol–water partition coefficient (Wildman–Crippen LogP) is 4.13. The van der Waals surface area contributed by atoms with E-state index in [1.165, 1.54) is 0 Å². The van der Waals surface area contributed by atoms with Crippen LogP contribution in [0.5, 0.6) is 0 Å². The van der Waals surface area contributed by atoms with Crippen LogP contribution in [0, 0.1) is 0 Å². The molecule has 1 aromatic rings. The molecular weight excluding hydrogens is 220 g/mol. The fourth-order valence-corrected chi connectivity index (χ4v) is 2.94. The maximum Gasteiger partial charge on any atom is 0.254 e. The Balaban J connectivity index is 2.43. The molecule has 1 aliphatic rings. The SMILES string of the molecule is CC(F)(F)C1(c2ccc(N)cc2)CCCCC1. The summed E-state index contributed by atoms with van der Waals surface area (Å²) in [5.74, 6) is -2.68. The zero-order valence-electron chi connectivity index (χ0n) is 10.2. The zero-order valence-corrected chi connectivity index (χ0v) is 10.2. The fraction of sp³-hybridized carbons (Fsp3) is 0.571. The molecule has 17 heavy (non-hydrogen) atoms. The van der Waals surface area contributed by atoms with Crippen molar-refractivity contribution in [3.8, 4) is 0 Å². The van der Waals surface area contributed by atoms with E-state index in [-0.39, 0.29) is 0 Å². The van der Waals surface area contributed by atoms with Gasteiger partial charge in [0, 0.05) is 12.6 Å². The molecule has 0 bridgehead atoms. The molecule has 1 aromatic carbocycles. The number of nitrogen functional groups attached to an aromatic ring is 1. The van der Waals surface area contributed by atoms with Gasteiger partial charge in [-0.3, -0.25) is 0 Å². The molecule has 94 valence electrons. The molecule has 3 heteroatoms. The number of benzene rings is 1. The molecule has 1 nitrogen and oxygen atoms in total. The van der Waals surface area contributed by atoms with E-state index >= 15 is 0 Å². The number of alkyl halides is 2. The third-order valence-electron chi connectivity index (χ3n) is 4.01. The Morgan fingerprint density at radius 1 is 1.06 bits per heavy atom. The zero-order chi connectivity index (χ0) is 12.5. The van der Waals surface area contributed by atoms with E-state index in [0.717, 1.165) is 31.7 Å². The van der Waals surface area contributed by atoms with Gasteiger partial charge in [0.2, 0.25) is 0 Å². The lowest BCUT2D eigenvalue weighted by Gasteiger charge is -2.42. The van der Waals surface area contributed by atoms with Crippen molar-refractivity contribution >= 4 is 5.69 Å². The Morgan fingerprint density at radius 3 is 2.06 bits per heavy atom. The number of rotatable bonds is 2. The van der Waals surface area contributed by atoms with E-state index in [9.17, 15) is 8.78 Å². The normalized spacial score (nSPS) is 20.2. The minimum absolute atomic E-state index is 0.570. The summed E-state index contributed by atoms with van der Waals surface area (Å²) in [6.07, 6.45) is 3.97. The Bertz CT molecular complexity index is 372. The van der Waals surface area contributed by atoms with Crippen LogP contribution in [0.4, 0.5) is 14.5 Å². The van der Waals surface area contributed by atoms with Crippen molar-refractivity contribution in [2.24, 2.45) is 0 Å². The van der Waals surface area contributed by atoms with Crippen LogP contribution in [0.25, 0.3) is 0 Å². The molecule has 0 amide bonds. The van der Waals surface area contributed by atoms with Gasteiger partial charge in [0.15, 0.2) is 0 Å². The van der Waals surface area contributed by atoms with Gasteiger partial charge in [0.1, 0.15) is 0 Å². The van der Waals surface area contributed by atoms with Gasteiger partial charge in [0.25, 0.3) is 5.92 Å². The number of hydrogen-bond donors (Lipinski definition) is 1. The maximum absolute atomic E-state index is 14.0. The third-order valence-corrected chi connectivity index (χ3v) is 4.01. The van der Waals surface area contributed by atoms with Crippen LogP contribution < -0.4 is 5.73 Å². The molecule has 0 spiro atoms. The third kappa shape index (κ3) is 2.15. The summed E-state index contributed by atoms with van der Waals surface area (Å²) in [6.45, 7) is 1.05. The van der Waals surface area contributed by atoms with Crippen molar-refractivity contribution in [3.05, 3.63) is 29.8 Å². The second-order valence-corrected chi connectivity index (χ2v) is 5.15. The average Bonchev–Trinajstić information content (AvgIpc) is 2.29. The maximum atomic E-state index is 14.0. The van der Waals surface area contributed by atoms with Crippen LogP contribution in [0.15, 0.2) is 24.3 Å². The molecule has 0 aliphatic heterocycles. The van der Waals surface area contributed by atoms with E-state index < -0.39 is 11.3 Å². The molecule has 0 atom stereocenters. The average molecular weight is 239 g/mol. The van der Waals surface area contributed by atoms with Crippen LogP contribution in [0.1, 0.15) is 44.6 Å². The van der Waals surface area contributed by atoms with Crippen LogP contribution in [0.3, 0.4) is 0 Å². The van der Waals surface area contributed by atoms with Crippen molar-refractivity contribution in [1.82, 2.24) is 0 Å². The van der Waals surface area contributed by atoms with Crippen LogP contribution in [-0.2, 0) is 5.41 Å². The van der Waals surface area contributed by atoms with Gasteiger partial charge in [-0.1, -0.05) is 31.4 Å². The summed E-state index contributed by atoms with van der Waals surface area (Å²) in [5.41, 5.74) is 5.99. The van der Waals surface area contributed by atoms with Crippen molar-refractivity contribution < 1.29 is 8.78 Å². The van der Waals surface area contributed by atoms with Gasteiger partial charge in [-0.2, -0.15) is 0 Å². The molecule has 1 aliphatic carbocycles. The minimum atomic E-state index is -2.68. The second kappa shape index (κ2) is 4.28. The highest BCUT2D eigenvalue weighted by Crippen LogP contribution is 2.49. The highest BCUT2D eigenvalue weighted by atomic mass is 19.3. The standard InChI is InChI=1S/C14H19F2N/c1-13(15,16)14(9-3-2-4-10-14)11-5-7-12(17)8-6-11/h5-8H,2-4,9-10,17H2,1H3. The van der Waals surface area contributed by atoms with Gasteiger partial charge in [-0.25, -0.2) is 8.78 Å². The number of anilines is 1. The summed E-state index contributed by atoms with van der Waals surface area (Å²) < 4.78 is 28.0. The molecule has 0 unspecified atom stereocenters. The molecule has 2 rings (SSSR count). The molecule has 0 saturated heterocycles. The summed E-state index contributed by atoms with van der Waals surface area (Å²) in [7, 11) is 0. The Kier molecular flexibility index (Phi) is 3.11. The van der Waals surface area contributed by atoms with Crippen LogP contribution >= 0.6 is 0 Å². The first-order chi connectivity index (χ1) is 7.96. The second-order valence-electron chi connectivity index (χ2n) is 5.15. The lowest BCUT2D eigenvalue weighted by molar-refractivity contribution is -0.0777. The lowest BCUT2D eigenvalue weighted by Crippen LogP contribution is -2.44. The van der Waals surface area contributed by atoms with Gasteiger partial charge in [-0.15, -0.1) is 0 Å². The highest BCUT2D eigenvalue weighted by molar-refractivity contribution is 5.42. The molecule has 1 saturated carbocycles. The fourth-order valence-electron chi connectivity index (χ4n) is 2.94. The van der Waals surface area contributed by atoms with Crippen molar-refractivity contribution in [2.45, 2.75) is 50.4 Å². The van der Waals surface area contributed by atoms with Crippen molar-refractivity contribution in [3.63, 3.8) is 0 Å². The summed E-state index contributed by atoms with van der Waals surface area (Å²) in [4.78, 5) is 0. The molecular formula is C14H19F2N. The Hall–Kier alpha value is -1.12. The first-order valence-corrected chi connectivity index (χ1v) is 6.20. The molecule has 0 aromatic heterocycles. The van der Waals surface area contributed by atoms with E-state index in [0.29, 0.717) is 18.5 Å². The number of nitrogens with two attached hydrogens (primary N) is 1. The van der Waals surface area contributed by atoms with Crippen molar-refractivity contribution in [2.75, 3.05) is 5.73 Å². The summed E-state index contributed by atoms with van der Waals surface area (Å²) in [6, 6.07) is 6.96.